The fourth-order valence-corrected chi connectivity index (χ4v) is 4.14. The lowest BCUT2D eigenvalue weighted by Gasteiger charge is -2.24. The first-order valence-electron chi connectivity index (χ1n) is 13.0. The highest BCUT2D eigenvalue weighted by molar-refractivity contribution is 5.91. The lowest BCUT2D eigenvalue weighted by Crippen LogP contribution is -2.35. The summed E-state index contributed by atoms with van der Waals surface area (Å²) in [5.74, 6) is 0.723. The number of carbonyl (C=O) groups excluding carboxylic acids is 2. The molecule has 4 N–H and O–H groups in total. The maximum Gasteiger partial charge on any atom is 0.322 e. The Morgan fingerprint density at radius 2 is 1.72 bits per heavy atom. The highest BCUT2D eigenvalue weighted by atomic mass is 16.5. The second-order valence-electron chi connectivity index (χ2n) is 9.10. The van der Waals surface area contributed by atoms with Gasteiger partial charge >= 0.3 is 6.03 Å². The molecule has 10 heteroatoms. The first kappa shape index (κ1) is 27.3. The van der Waals surface area contributed by atoms with Gasteiger partial charge in [0.15, 0.2) is 0 Å². The van der Waals surface area contributed by atoms with Crippen molar-refractivity contribution in [2.75, 3.05) is 18.5 Å². The van der Waals surface area contributed by atoms with E-state index in [1.165, 1.54) is 0 Å². The van der Waals surface area contributed by atoms with E-state index in [-0.39, 0.29) is 18.4 Å². The molecule has 0 aliphatic heterocycles. The number of nitrogens with two attached hydrogens (primary N) is 1. The normalized spacial score (nSPS) is 10.7. The molecule has 0 atom stereocenters. The Morgan fingerprint density at radius 3 is 2.44 bits per heavy atom. The lowest BCUT2D eigenvalue weighted by molar-refractivity contribution is -0.118. The van der Waals surface area contributed by atoms with Crippen molar-refractivity contribution in [1.29, 1.82) is 0 Å². The van der Waals surface area contributed by atoms with Crippen LogP contribution in [0.4, 0.5) is 10.5 Å². The van der Waals surface area contributed by atoms with E-state index in [0.29, 0.717) is 43.4 Å². The number of aromatic amines is 1. The van der Waals surface area contributed by atoms with Crippen LogP contribution in [0.3, 0.4) is 0 Å². The summed E-state index contributed by atoms with van der Waals surface area (Å²) in [6.45, 7) is 3.51. The third-order valence-corrected chi connectivity index (χ3v) is 6.17. The molecular formula is C29H33N7O3. The Hall–Kier alpha value is -4.73. The standard InChI is InChI=1S/C29H33N7O3/c1-2-3-18-36(29(38)31-25-11-6-7-12-26(25)39-19-8-13-27(30)37)20-21-14-16-22(17-15-21)23-9-4-5-10-24(23)28-32-34-35-33-28/h4-7,9-12,14-17H,2-3,8,13,18-20H2,1H3,(H2,30,37)(H,31,38)(H,32,33,34,35). The fourth-order valence-electron chi connectivity index (χ4n) is 4.14. The van der Waals surface area contributed by atoms with Gasteiger partial charge in [0.05, 0.1) is 12.3 Å². The van der Waals surface area contributed by atoms with Crippen LogP contribution >= 0.6 is 0 Å². The number of anilines is 1. The first-order valence-corrected chi connectivity index (χ1v) is 13.0. The van der Waals surface area contributed by atoms with E-state index in [4.69, 9.17) is 10.5 Å². The largest absolute Gasteiger partial charge is 0.491 e. The van der Waals surface area contributed by atoms with Gasteiger partial charge < -0.3 is 20.7 Å². The maximum absolute atomic E-state index is 13.3. The van der Waals surface area contributed by atoms with Crippen molar-refractivity contribution >= 4 is 17.6 Å². The Bertz CT molecular complexity index is 1360. The zero-order chi connectivity index (χ0) is 27.5. The number of aromatic nitrogens is 4. The van der Waals surface area contributed by atoms with Gasteiger partial charge in [0.25, 0.3) is 0 Å². The molecule has 0 saturated carbocycles. The van der Waals surface area contributed by atoms with Gasteiger partial charge in [-0.1, -0.05) is 74.0 Å². The zero-order valence-electron chi connectivity index (χ0n) is 22.0. The Morgan fingerprint density at radius 1 is 0.974 bits per heavy atom. The maximum atomic E-state index is 13.3. The smallest absolute Gasteiger partial charge is 0.322 e. The highest BCUT2D eigenvalue weighted by Crippen LogP contribution is 2.30. The minimum Gasteiger partial charge on any atom is -0.491 e. The predicted molar refractivity (Wildman–Crippen MR) is 150 cm³/mol. The third kappa shape index (κ3) is 7.64. The van der Waals surface area contributed by atoms with E-state index >= 15 is 0 Å². The lowest BCUT2D eigenvalue weighted by atomic mass is 9.98. The van der Waals surface area contributed by atoms with Gasteiger partial charge in [0.1, 0.15) is 5.75 Å². The summed E-state index contributed by atoms with van der Waals surface area (Å²) >= 11 is 0. The van der Waals surface area contributed by atoms with Gasteiger partial charge in [0, 0.05) is 25.1 Å². The van der Waals surface area contributed by atoms with Crippen LogP contribution < -0.4 is 15.8 Å². The molecule has 0 saturated heterocycles. The van der Waals surface area contributed by atoms with Gasteiger partial charge in [-0.15, -0.1) is 10.2 Å². The van der Waals surface area contributed by atoms with E-state index in [1.807, 2.05) is 60.7 Å². The molecule has 0 aliphatic carbocycles. The second-order valence-corrected chi connectivity index (χ2v) is 9.10. The van der Waals surface area contributed by atoms with Gasteiger partial charge in [0.2, 0.25) is 11.7 Å². The summed E-state index contributed by atoms with van der Waals surface area (Å²) in [6, 6.07) is 23.1. The van der Waals surface area contributed by atoms with E-state index in [9.17, 15) is 9.59 Å². The molecule has 3 aromatic carbocycles. The SMILES string of the molecule is CCCCN(Cc1ccc(-c2ccccc2-c2nn[nH]n2)cc1)C(=O)Nc1ccccc1OCCCC(N)=O. The number of ether oxygens (including phenoxy) is 1. The number of urea groups is 1. The molecule has 0 spiro atoms. The minimum absolute atomic E-state index is 0.205. The number of amides is 3. The molecule has 202 valence electrons. The monoisotopic (exact) mass is 527 g/mol. The number of para-hydroxylation sites is 2. The molecule has 3 amide bonds. The molecule has 1 heterocycles. The van der Waals surface area contributed by atoms with Crippen LogP contribution in [0.2, 0.25) is 0 Å². The molecule has 0 radical (unpaired) electrons. The predicted octanol–water partition coefficient (Wildman–Crippen LogP) is 5.01. The van der Waals surface area contributed by atoms with Crippen LogP contribution in [-0.2, 0) is 11.3 Å². The van der Waals surface area contributed by atoms with E-state index < -0.39 is 0 Å². The number of unbranched alkanes of at least 4 members (excludes halogenated alkanes) is 1. The van der Waals surface area contributed by atoms with Crippen LogP contribution in [-0.4, -0.2) is 50.6 Å². The molecule has 0 bridgehead atoms. The van der Waals surface area contributed by atoms with Crippen molar-refractivity contribution in [3.8, 4) is 28.3 Å². The summed E-state index contributed by atoms with van der Waals surface area (Å²) in [6.07, 6.45) is 2.61. The minimum atomic E-state index is -0.365. The molecule has 4 aromatic rings. The van der Waals surface area contributed by atoms with Crippen LogP contribution in [0.25, 0.3) is 22.5 Å². The molecule has 1 aromatic heterocycles. The van der Waals surface area contributed by atoms with Crippen molar-refractivity contribution in [1.82, 2.24) is 25.5 Å². The number of rotatable bonds is 13. The van der Waals surface area contributed by atoms with Crippen molar-refractivity contribution in [3.05, 3.63) is 78.4 Å². The Kier molecular flexibility index (Phi) is 9.60. The molecule has 0 fully saturated rings. The van der Waals surface area contributed by atoms with E-state index in [1.54, 1.807) is 17.0 Å². The van der Waals surface area contributed by atoms with Crippen LogP contribution in [0.1, 0.15) is 38.2 Å². The summed E-state index contributed by atoms with van der Waals surface area (Å²) in [5.41, 5.74) is 9.70. The molecule has 4 rings (SSSR count). The van der Waals surface area contributed by atoms with Crippen molar-refractivity contribution in [2.24, 2.45) is 5.73 Å². The Labute approximate surface area is 227 Å². The van der Waals surface area contributed by atoms with Crippen LogP contribution in [0.15, 0.2) is 72.8 Å². The van der Waals surface area contributed by atoms with Gasteiger partial charge in [-0.2, -0.15) is 5.21 Å². The average molecular weight is 528 g/mol. The third-order valence-electron chi connectivity index (χ3n) is 6.17. The number of hydrogen-bond donors (Lipinski definition) is 3. The molecule has 0 aliphatic rings. The zero-order valence-corrected chi connectivity index (χ0v) is 22.0. The van der Waals surface area contributed by atoms with Crippen molar-refractivity contribution in [2.45, 2.75) is 39.2 Å². The summed E-state index contributed by atoms with van der Waals surface area (Å²) < 4.78 is 5.80. The van der Waals surface area contributed by atoms with Gasteiger partial charge in [-0.25, -0.2) is 4.79 Å². The molecule has 39 heavy (non-hydrogen) atoms. The second kappa shape index (κ2) is 13.7. The summed E-state index contributed by atoms with van der Waals surface area (Å²) in [5, 5.41) is 17.4. The number of primary amides is 1. The molecular weight excluding hydrogens is 494 g/mol. The van der Waals surface area contributed by atoms with Crippen molar-refractivity contribution in [3.63, 3.8) is 0 Å². The molecule has 10 nitrogen and oxygen atoms in total. The van der Waals surface area contributed by atoms with E-state index in [0.717, 1.165) is 35.1 Å². The number of nitrogens with one attached hydrogen (secondary N) is 2. The number of carbonyl (C=O) groups is 2. The summed E-state index contributed by atoms with van der Waals surface area (Å²) in [4.78, 5) is 26.1. The number of H-pyrrole nitrogens is 1. The topological polar surface area (TPSA) is 139 Å². The molecule has 0 unspecified atom stereocenters. The number of nitrogens with zero attached hydrogens (tertiary/aromatic N) is 4. The Balaban J connectivity index is 1.45. The number of hydrogen-bond acceptors (Lipinski definition) is 6. The van der Waals surface area contributed by atoms with Gasteiger partial charge in [-0.05, 0) is 46.9 Å². The average Bonchev–Trinajstić information content (AvgIpc) is 3.49. The first-order chi connectivity index (χ1) is 19.0. The van der Waals surface area contributed by atoms with Gasteiger partial charge in [-0.3, -0.25) is 4.79 Å². The van der Waals surface area contributed by atoms with Crippen LogP contribution in [0, 0.1) is 0 Å². The fraction of sp³-hybridized carbons (Fsp3) is 0.276. The highest BCUT2D eigenvalue weighted by Gasteiger charge is 2.17. The summed E-state index contributed by atoms with van der Waals surface area (Å²) in [7, 11) is 0. The van der Waals surface area contributed by atoms with Crippen LogP contribution in [0.5, 0.6) is 5.75 Å². The number of tetrazole rings is 1. The number of benzene rings is 3. The quantitative estimate of drug-likeness (QED) is 0.209. The van der Waals surface area contributed by atoms with Crippen molar-refractivity contribution < 1.29 is 14.3 Å². The van der Waals surface area contributed by atoms with E-state index in [2.05, 4.69) is 32.9 Å².